The molecule has 1 saturated heterocycles. The van der Waals surface area contributed by atoms with E-state index in [0.29, 0.717) is 43.4 Å². The van der Waals surface area contributed by atoms with Crippen molar-refractivity contribution < 1.29 is 27.5 Å². The third-order valence-corrected chi connectivity index (χ3v) is 11.4. The zero-order valence-electron chi connectivity index (χ0n) is 28.7. The number of hydrogen-bond donors (Lipinski definition) is 3. The molecule has 0 aliphatic carbocycles. The summed E-state index contributed by atoms with van der Waals surface area (Å²) in [4.78, 5) is 29.6. The van der Waals surface area contributed by atoms with Gasteiger partial charge in [0.1, 0.15) is 19.3 Å². The van der Waals surface area contributed by atoms with Gasteiger partial charge in [-0.1, -0.05) is 74.5 Å². The minimum atomic E-state index is -4.08. The molecule has 2 amide bonds. The van der Waals surface area contributed by atoms with Crippen LogP contribution in [0.3, 0.4) is 0 Å². The maximum Gasteiger partial charge on any atom is 0.245 e. The Morgan fingerprint density at radius 1 is 0.860 bits per heavy atom. The molecule has 4 aromatic rings. The predicted octanol–water partition coefficient (Wildman–Crippen LogP) is 5.34. The Labute approximate surface area is 294 Å². The predicted molar refractivity (Wildman–Crippen MR) is 193 cm³/mol. The molecule has 1 fully saturated rings. The SMILES string of the molecule is CCC(N)(CC)c1ccc(CC(NC(=O)CC(NS(=O)(=O)c2ccc3ccccc3c2)c2ccc3c(c2)OCCO3)C(=O)N2CCCC2)cc1. The van der Waals surface area contributed by atoms with E-state index in [1.54, 1.807) is 41.3 Å². The molecule has 2 heterocycles. The first-order valence-electron chi connectivity index (χ1n) is 17.5. The van der Waals surface area contributed by atoms with Crippen molar-refractivity contribution in [2.24, 2.45) is 5.73 Å². The molecule has 0 radical (unpaired) electrons. The van der Waals surface area contributed by atoms with E-state index in [1.165, 1.54) is 0 Å². The maximum absolute atomic E-state index is 13.9. The number of nitrogens with one attached hydrogen (secondary N) is 2. The van der Waals surface area contributed by atoms with Crippen LogP contribution in [-0.4, -0.2) is 57.5 Å². The van der Waals surface area contributed by atoms with Crippen LogP contribution in [0.2, 0.25) is 0 Å². The third-order valence-electron chi connectivity index (χ3n) is 9.97. The van der Waals surface area contributed by atoms with Crippen LogP contribution in [0.15, 0.2) is 89.8 Å². The second kappa shape index (κ2) is 15.2. The van der Waals surface area contributed by atoms with Crippen LogP contribution < -0.4 is 25.2 Å². The van der Waals surface area contributed by atoms with E-state index in [0.717, 1.165) is 47.6 Å². The number of carbonyl (C=O) groups is 2. The van der Waals surface area contributed by atoms with Gasteiger partial charge in [-0.05, 0) is 77.4 Å². The van der Waals surface area contributed by atoms with E-state index in [4.69, 9.17) is 15.2 Å². The minimum Gasteiger partial charge on any atom is -0.486 e. The van der Waals surface area contributed by atoms with Crippen LogP contribution in [0.25, 0.3) is 10.8 Å². The summed E-state index contributed by atoms with van der Waals surface area (Å²) in [6.45, 7) is 6.17. The fourth-order valence-corrected chi connectivity index (χ4v) is 8.02. The minimum absolute atomic E-state index is 0.0809. The third kappa shape index (κ3) is 7.96. The van der Waals surface area contributed by atoms with Crippen LogP contribution in [0, 0.1) is 0 Å². The molecule has 4 N–H and O–H groups in total. The summed E-state index contributed by atoms with van der Waals surface area (Å²) in [5.74, 6) is 0.413. The second-order valence-electron chi connectivity index (χ2n) is 13.2. The van der Waals surface area contributed by atoms with Crippen molar-refractivity contribution in [1.29, 1.82) is 0 Å². The molecule has 11 heteroatoms. The molecule has 0 saturated carbocycles. The van der Waals surface area contributed by atoms with Crippen LogP contribution in [-0.2, 0) is 31.6 Å². The number of amides is 2. The monoisotopic (exact) mass is 698 g/mol. The van der Waals surface area contributed by atoms with Crippen LogP contribution >= 0.6 is 0 Å². The molecule has 0 bridgehead atoms. The highest BCUT2D eigenvalue weighted by Crippen LogP contribution is 2.34. The first-order chi connectivity index (χ1) is 24.1. The Bertz CT molecular complexity index is 1940. The number of fused-ring (bicyclic) bond motifs is 2. The largest absolute Gasteiger partial charge is 0.486 e. The van der Waals surface area contributed by atoms with Crippen molar-refractivity contribution in [1.82, 2.24) is 14.9 Å². The Balaban J connectivity index is 1.26. The Morgan fingerprint density at radius 3 is 2.24 bits per heavy atom. The van der Waals surface area contributed by atoms with E-state index in [9.17, 15) is 18.0 Å². The molecule has 264 valence electrons. The highest BCUT2D eigenvalue weighted by molar-refractivity contribution is 7.89. The van der Waals surface area contributed by atoms with Gasteiger partial charge in [0.2, 0.25) is 21.8 Å². The van der Waals surface area contributed by atoms with Crippen molar-refractivity contribution in [3.63, 3.8) is 0 Å². The number of likely N-dealkylation sites (tertiary alicyclic amines) is 1. The summed E-state index contributed by atoms with van der Waals surface area (Å²) < 4.78 is 41.9. The number of nitrogens with zero attached hydrogens (tertiary/aromatic N) is 1. The molecule has 4 aromatic carbocycles. The fourth-order valence-electron chi connectivity index (χ4n) is 6.76. The van der Waals surface area contributed by atoms with Gasteiger partial charge in [0.25, 0.3) is 0 Å². The molecule has 2 atom stereocenters. The standard InChI is InChI=1S/C39H46N4O6S/c1-3-39(40,4-2)31-15-11-27(12-16-31)23-34(38(45)43-19-7-8-20-43)41-37(44)26-33(30-14-18-35-36(25-30)49-22-21-48-35)42-50(46,47)32-17-13-28-9-5-6-10-29(28)24-32/h5-6,9-18,24-25,33-34,42H,3-4,7-8,19-23,26,40H2,1-2H3,(H,41,44). The van der Waals surface area contributed by atoms with E-state index in [-0.39, 0.29) is 23.6 Å². The lowest BCUT2D eigenvalue weighted by molar-refractivity contribution is -0.135. The summed E-state index contributed by atoms with van der Waals surface area (Å²) in [6.07, 6.45) is 3.45. The van der Waals surface area contributed by atoms with Crippen molar-refractivity contribution in [2.75, 3.05) is 26.3 Å². The van der Waals surface area contributed by atoms with Gasteiger partial charge in [0, 0.05) is 31.5 Å². The zero-order valence-corrected chi connectivity index (χ0v) is 29.5. The fraction of sp³-hybridized carbons (Fsp3) is 0.385. The first kappa shape index (κ1) is 35.4. The van der Waals surface area contributed by atoms with Crippen molar-refractivity contribution in [3.05, 3.63) is 102 Å². The summed E-state index contributed by atoms with van der Waals surface area (Å²) >= 11 is 0. The lowest BCUT2D eigenvalue weighted by atomic mass is 9.85. The summed E-state index contributed by atoms with van der Waals surface area (Å²) in [7, 11) is -4.08. The summed E-state index contributed by atoms with van der Waals surface area (Å²) in [6, 6.07) is 23.7. The topological polar surface area (TPSA) is 140 Å². The van der Waals surface area contributed by atoms with Gasteiger partial charge in [-0.25, -0.2) is 13.1 Å². The highest BCUT2D eigenvalue weighted by Gasteiger charge is 2.31. The highest BCUT2D eigenvalue weighted by atomic mass is 32.2. The Kier molecular flexibility index (Phi) is 10.8. The van der Waals surface area contributed by atoms with E-state index >= 15 is 0 Å². The van der Waals surface area contributed by atoms with Gasteiger partial charge >= 0.3 is 0 Å². The van der Waals surface area contributed by atoms with Crippen molar-refractivity contribution in [2.45, 2.75) is 74.9 Å². The molecular weight excluding hydrogens is 653 g/mol. The first-order valence-corrected chi connectivity index (χ1v) is 18.9. The lowest BCUT2D eigenvalue weighted by Gasteiger charge is -2.28. The normalized spacial score (nSPS) is 15.9. The number of hydrogen-bond acceptors (Lipinski definition) is 7. The molecule has 2 unspecified atom stereocenters. The zero-order chi connectivity index (χ0) is 35.3. The summed E-state index contributed by atoms with van der Waals surface area (Å²) in [5.41, 5.74) is 8.64. The molecule has 6 rings (SSSR count). The van der Waals surface area contributed by atoms with E-state index < -0.39 is 33.6 Å². The smallest absolute Gasteiger partial charge is 0.245 e. The summed E-state index contributed by atoms with van der Waals surface area (Å²) in [5, 5.41) is 4.67. The quantitative estimate of drug-likeness (QED) is 0.171. The number of ether oxygens (including phenoxy) is 2. The average molecular weight is 699 g/mol. The van der Waals surface area contributed by atoms with E-state index in [1.807, 2.05) is 48.5 Å². The van der Waals surface area contributed by atoms with Gasteiger partial charge in [-0.15, -0.1) is 0 Å². The van der Waals surface area contributed by atoms with Gasteiger partial charge < -0.3 is 25.4 Å². The molecule has 0 spiro atoms. The average Bonchev–Trinajstić information content (AvgIpc) is 3.69. The van der Waals surface area contributed by atoms with Crippen LogP contribution in [0.1, 0.15) is 68.7 Å². The second-order valence-corrected chi connectivity index (χ2v) is 14.9. The maximum atomic E-state index is 13.9. The van der Waals surface area contributed by atoms with Gasteiger partial charge in [-0.3, -0.25) is 9.59 Å². The number of sulfonamides is 1. The number of benzene rings is 4. The molecule has 2 aliphatic heterocycles. The Morgan fingerprint density at radius 2 is 1.54 bits per heavy atom. The number of rotatable bonds is 13. The number of nitrogens with two attached hydrogens (primary N) is 1. The van der Waals surface area contributed by atoms with Crippen LogP contribution in [0.5, 0.6) is 11.5 Å². The Hall–Kier alpha value is -4.45. The lowest BCUT2D eigenvalue weighted by Crippen LogP contribution is -2.49. The van der Waals surface area contributed by atoms with Crippen molar-refractivity contribution in [3.8, 4) is 11.5 Å². The molecule has 0 aromatic heterocycles. The molecular formula is C39H46N4O6S. The van der Waals surface area contributed by atoms with Gasteiger partial charge in [0.15, 0.2) is 11.5 Å². The molecule has 50 heavy (non-hydrogen) atoms. The van der Waals surface area contributed by atoms with E-state index in [2.05, 4.69) is 23.9 Å². The molecule has 10 nitrogen and oxygen atoms in total. The van der Waals surface area contributed by atoms with Crippen LogP contribution in [0.4, 0.5) is 0 Å². The number of carbonyl (C=O) groups excluding carboxylic acids is 2. The van der Waals surface area contributed by atoms with Gasteiger partial charge in [0.05, 0.1) is 10.9 Å². The van der Waals surface area contributed by atoms with Gasteiger partial charge in [-0.2, -0.15) is 0 Å². The molecule has 2 aliphatic rings. The van der Waals surface area contributed by atoms with Crippen molar-refractivity contribution >= 4 is 32.6 Å².